The number of urea groups is 1. The molecule has 1 aromatic heterocycles. The number of anilines is 2. The van der Waals surface area contributed by atoms with Crippen LogP contribution < -0.4 is 20.7 Å². The lowest BCUT2D eigenvalue weighted by molar-refractivity contribution is -0.461. The zero-order valence-electron chi connectivity index (χ0n) is 24.3. The van der Waals surface area contributed by atoms with E-state index >= 15 is 0 Å². The highest BCUT2D eigenvalue weighted by Crippen LogP contribution is 2.48. The third-order valence-electron chi connectivity index (χ3n) is 7.45. The number of nitrogens with two attached hydrogens (primary N) is 1. The molecule has 6 rings (SSSR count). The van der Waals surface area contributed by atoms with Crippen LogP contribution in [0.25, 0.3) is 15.8 Å². The van der Waals surface area contributed by atoms with Crippen molar-refractivity contribution >= 4 is 55.8 Å². The molecular formula is C31H25F4N7O4S. The lowest BCUT2D eigenvalue weighted by Gasteiger charge is -2.30. The van der Waals surface area contributed by atoms with Crippen molar-refractivity contribution in [3.8, 4) is 5.75 Å². The maximum absolute atomic E-state index is 14.3. The molecule has 2 heterocycles. The molecule has 4 aromatic rings. The SMILES string of the molecule is N=NC(N)=NC(=O)c1ccc(CN(C(=O)Nc2nc3cc4c(cc3s2)OC(F)(F)OC4(F)F)c2ccc(C3=CCCCC3)cc2)cc1. The molecule has 47 heavy (non-hydrogen) atoms. The summed E-state index contributed by atoms with van der Waals surface area (Å²) in [6, 6.07) is 14.9. The van der Waals surface area contributed by atoms with Gasteiger partial charge < -0.3 is 10.5 Å². The van der Waals surface area contributed by atoms with Gasteiger partial charge in [-0.25, -0.2) is 20.0 Å². The fourth-order valence-electron chi connectivity index (χ4n) is 5.20. The summed E-state index contributed by atoms with van der Waals surface area (Å²) in [4.78, 5) is 35.2. The second-order valence-corrected chi connectivity index (χ2v) is 11.7. The number of rotatable bonds is 6. The Morgan fingerprint density at radius 1 is 1.06 bits per heavy atom. The molecule has 0 saturated heterocycles. The molecule has 0 saturated carbocycles. The van der Waals surface area contributed by atoms with Gasteiger partial charge in [0.1, 0.15) is 5.75 Å². The Morgan fingerprint density at radius 3 is 2.49 bits per heavy atom. The van der Waals surface area contributed by atoms with Crippen molar-refractivity contribution in [2.45, 2.75) is 44.6 Å². The lowest BCUT2D eigenvalue weighted by atomic mass is 9.93. The highest BCUT2D eigenvalue weighted by Gasteiger charge is 2.54. The van der Waals surface area contributed by atoms with Gasteiger partial charge in [0.05, 0.1) is 22.3 Å². The van der Waals surface area contributed by atoms with Gasteiger partial charge in [-0.05, 0) is 72.7 Å². The molecule has 1 aliphatic carbocycles. The summed E-state index contributed by atoms with van der Waals surface area (Å²) in [7, 11) is 0. The quantitative estimate of drug-likeness (QED) is 0.0819. The third kappa shape index (κ3) is 6.97. The second kappa shape index (κ2) is 12.5. The molecule has 16 heteroatoms. The van der Waals surface area contributed by atoms with Gasteiger partial charge in [-0.2, -0.15) is 13.8 Å². The van der Waals surface area contributed by atoms with Gasteiger partial charge in [-0.15, -0.1) is 13.9 Å². The molecule has 3 amide bonds. The van der Waals surface area contributed by atoms with Crippen molar-refractivity contribution in [3.63, 3.8) is 0 Å². The Kier molecular flexibility index (Phi) is 8.46. The van der Waals surface area contributed by atoms with E-state index in [2.05, 4.69) is 36.0 Å². The lowest BCUT2D eigenvalue weighted by Crippen LogP contribution is -2.41. The summed E-state index contributed by atoms with van der Waals surface area (Å²) < 4.78 is 63.8. The molecule has 4 N–H and O–H groups in total. The first-order chi connectivity index (χ1) is 22.4. The molecule has 0 spiro atoms. The fourth-order valence-corrected chi connectivity index (χ4v) is 6.06. The summed E-state index contributed by atoms with van der Waals surface area (Å²) in [6.07, 6.45) is -2.44. The fraction of sp³-hybridized carbons (Fsp3) is 0.226. The smallest absolute Gasteiger partial charge is 0.409 e. The number of alkyl halides is 4. The molecule has 2 aliphatic rings. The number of carbonyl (C=O) groups excluding carboxylic acids is 2. The molecule has 0 atom stereocenters. The number of aliphatic imine (C=N–C) groups is 1. The van der Waals surface area contributed by atoms with Crippen LogP contribution in [-0.2, 0) is 17.4 Å². The van der Waals surface area contributed by atoms with E-state index in [4.69, 9.17) is 11.3 Å². The predicted octanol–water partition coefficient (Wildman–Crippen LogP) is 7.99. The highest BCUT2D eigenvalue weighted by atomic mass is 32.1. The van der Waals surface area contributed by atoms with E-state index in [9.17, 15) is 27.2 Å². The number of guanidine groups is 1. The summed E-state index contributed by atoms with van der Waals surface area (Å²) in [6.45, 7) is 0.0431. The van der Waals surface area contributed by atoms with Crippen LogP contribution in [-0.4, -0.2) is 29.2 Å². The number of halogens is 4. The van der Waals surface area contributed by atoms with Gasteiger partial charge in [0, 0.05) is 17.3 Å². The van der Waals surface area contributed by atoms with Crippen LogP contribution in [0, 0.1) is 5.53 Å². The van der Waals surface area contributed by atoms with Crippen LogP contribution in [0.4, 0.5) is 33.2 Å². The van der Waals surface area contributed by atoms with E-state index in [1.54, 1.807) is 24.3 Å². The molecule has 1 aliphatic heterocycles. The van der Waals surface area contributed by atoms with E-state index in [1.807, 2.05) is 12.1 Å². The van der Waals surface area contributed by atoms with Crippen molar-refractivity contribution in [1.82, 2.24) is 4.98 Å². The van der Waals surface area contributed by atoms with Crippen molar-refractivity contribution in [2.75, 3.05) is 10.2 Å². The van der Waals surface area contributed by atoms with Gasteiger partial charge in [0.15, 0.2) is 5.13 Å². The largest absolute Gasteiger partial charge is 0.540 e. The molecule has 0 unspecified atom stereocenters. The van der Waals surface area contributed by atoms with Gasteiger partial charge in [-0.3, -0.25) is 15.0 Å². The number of fused-ring (bicyclic) bond motifs is 2. The topological polar surface area (TPSA) is 155 Å². The number of aromatic nitrogens is 1. The number of hydrogen-bond donors (Lipinski definition) is 3. The Morgan fingerprint density at radius 2 is 1.81 bits per heavy atom. The van der Waals surface area contributed by atoms with E-state index in [1.165, 1.54) is 22.6 Å². The number of thiazole rings is 1. The zero-order valence-corrected chi connectivity index (χ0v) is 25.1. The van der Waals surface area contributed by atoms with Crippen molar-refractivity contribution < 1.29 is 36.6 Å². The maximum Gasteiger partial charge on any atom is 0.540 e. The maximum atomic E-state index is 14.3. The van der Waals surface area contributed by atoms with E-state index in [0.717, 1.165) is 54.7 Å². The van der Waals surface area contributed by atoms with Crippen LogP contribution in [0.5, 0.6) is 5.75 Å². The molecule has 3 aromatic carbocycles. The van der Waals surface area contributed by atoms with E-state index < -0.39 is 41.6 Å². The first-order valence-electron chi connectivity index (χ1n) is 14.2. The van der Waals surface area contributed by atoms with Crippen molar-refractivity contribution in [1.29, 1.82) is 5.53 Å². The van der Waals surface area contributed by atoms with E-state index in [0.29, 0.717) is 11.3 Å². The average Bonchev–Trinajstić information content (AvgIpc) is 3.43. The summed E-state index contributed by atoms with van der Waals surface area (Å²) in [5, 5.41) is 5.60. The molecule has 0 bridgehead atoms. The van der Waals surface area contributed by atoms with Gasteiger partial charge in [0.2, 0.25) is 5.96 Å². The van der Waals surface area contributed by atoms with Crippen LogP contribution in [0.1, 0.15) is 52.7 Å². The minimum absolute atomic E-state index is 0.0135. The number of allylic oxidation sites excluding steroid dienone is 2. The minimum Gasteiger partial charge on any atom is -0.409 e. The average molecular weight is 668 g/mol. The van der Waals surface area contributed by atoms with Crippen LogP contribution in [0.2, 0.25) is 0 Å². The van der Waals surface area contributed by atoms with Crippen LogP contribution in [0.15, 0.2) is 76.8 Å². The molecular weight excluding hydrogens is 642 g/mol. The standard InChI is InChI=1S/C31H25F4N7O4S/c32-30(33)22-14-23-25(15-24(22)45-31(34,35)46-30)47-28(38-23)40-29(44)42(21-12-10-19(11-13-21)18-4-2-1-3-5-18)16-17-6-8-20(9-7-17)26(43)39-27(36)41-37/h4,6-15,37H,1-3,5,16H2,(H2,36,39,43)(H,38,40,44). The molecule has 0 radical (unpaired) electrons. The van der Waals surface area contributed by atoms with Crippen molar-refractivity contribution in [2.24, 2.45) is 15.8 Å². The zero-order chi connectivity index (χ0) is 33.3. The molecule has 11 nitrogen and oxygen atoms in total. The Labute approximate surface area is 268 Å². The number of nitrogens with one attached hydrogen (secondary N) is 2. The first kappa shape index (κ1) is 31.7. The number of hydrogen-bond acceptors (Lipinski definition) is 7. The molecule has 242 valence electrons. The summed E-state index contributed by atoms with van der Waals surface area (Å²) in [5.74, 6) is -1.94. The van der Waals surface area contributed by atoms with E-state index in [-0.39, 0.29) is 27.5 Å². The van der Waals surface area contributed by atoms with Gasteiger partial charge >= 0.3 is 18.4 Å². The Bertz CT molecular complexity index is 1930. The predicted molar refractivity (Wildman–Crippen MR) is 166 cm³/mol. The third-order valence-corrected chi connectivity index (χ3v) is 8.38. The monoisotopic (exact) mass is 667 g/mol. The number of ether oxygens (including phenoxy) is 2. The van der Waals surface area contributed by atoms with Gasteiger partial charge in [-0.1, -0.05) is 41.7 Å². The number of nitrogens with zero attached hydrogens (tertiary/aromatic N) is 4. The Hall–Kier alpha value is -5.22. The number of amides is 3. The minimum atomic E-state index is -4.53. The highest BCUT2D eigenvalue weighted by molar-refractivity contribution is 7.22. The van der Waals surface area contributed by atoms with Crippen molar-refractivity contribution in [3.05, 3.63) is 89.0 Å². The van der Waals surface area contributed by atoms with Gasteiger partial charge in [0.25, 0.3) is 5.91 Å². The summed E-state index contributed by atoms with van der Waals surface area (Å²) in [5.41, 5.74) is 14.9. The number of benzene rings is 3. The summed E-state index contributed by atoms with van der Waals surface area (Å²) >= 11 is 0.882. The Balaban J connectivity index is 1.28. The normalized spacial score (nSPS) is 16.9. The molecule has 0 fully saturated rings. The van der Waals surface area contributed by atoms with Crippen LogP contribution >= 0.6 is 11.3 Å². The number of carbonyl (C=O) groups is 2. The van der Waals surface area contributed by atoms with Crippen LogP contribution in [0.3, 0.4) is 0 Å². The second-order valence-electron chi connectivity index (χ2n) is 10.6. The first-order valence-corrected chi connectivity index (χ1v) is 15.1.